The van der Waals surface area contributed by atoms with Crippen LogP contribution in [0.3, 0.4) is 0 Å². The van der Waals surface area contributed by atoms with Gasteiger partial charge < -0.3 is 20.3 Å². The standard InChI is InChI=1S/C11H13NO4/c1-11(7-13,10(15)16)12-9(14)8-5-3-2-4-6-8/h2-6,13H,7H2,1H3,(H,12,14)(H,15,16)/p-1/t11-/m0/s1. The number of aliphatic carboxylic acids is 1. The normalized spacial score (nSPS) is 13.9. The Morgan fingerprint density at radius 3 is 2.38 bits per heavy atom. The molecule has 0 unspecified atom stereocenters. The van der Waals surface area contributed by atoms with E-state index in [0.717, 1.165) is 0 Å². The number of carbonyl (C=O) groups excluding carboxylic acids is 2. The van der Waals surface area contributed by atoms with Crippen LogP contribution in [0.25, 0.3) is 0 Å². The van der Waals surface area contributed by atoms with Gasteiger partial charge in [-0.1, -0.05) is 18.2 Å². The molecule has 0 aliphatic carbocycles. The molecule has 0 aliphatic heterocycles. The Morgan fingerprint density at radius 2 is 1.94 bits per heavy atom. The van der Waals surface area contributed by atoms with Crippen LogP contribution in [0.5, 0.6) is 0 Å². The molecule has 0 fully saturated rings. The van der Waals surface area contributed by atoms with E-state index in [4.69, 9.17) is 5.11 Å². The Kier molecular flexibility index (Phi) is 3.63. The third-order valence-corrected chi connectivity index (χ3v) is 2.19. The van der Waals surface area contributed by atoms with E-state index < -0.39 is 24.0 Å². The van der Waals surface area contributed by atoms with Gasteiger partial charge in [0, 0.05) is 5.56 Å². The van der Waals surface area contributed by atoms with Crippen LogP contribution in [0.15, 0.2) is 30.3 Å². The van der Waals surface area contributed by atoms with Crippen molar-refractivity contribution in [1.29, 1.82) is 0 Å². The zero-order valence-electron chi connectivity index (χ0n) is 8.77. The Morgan fingerprint density at radius 1 is 1.38 bits per heavy atom. The van der Waals surface area contributed by atoms with Crippen molar-refractivity contribution in [2.45, 2.75) is 12.5 Å². The van der Waals surface area contributed by atoms with Crippen LogP contribution in [-0.2, 0) is 4.79 Å². The van der Waals surface area contributed by atoms with Gasteiger partial charge in [0.25, 0.3) is 5.91 Å². The molecule has 86 valence electrons. The Bertz CT molecular complexity index is 390. The summed E-state index contributed by atoms with van der Waals surface area (Å²) >= 11 is 0. The van der Waals surface area contributed by atoms with Crippen molar-refractivity contribution < 1.29 is 19.8 Å². The molecule has 1 atom stereocenters. The average molecular weight is 222 g/mol. The highest BCUT2D eigenvalue weighted by atomic mass is 16.4. The van der Waals surface area contributed by atoms with Crippen molar-refractivity contribution in [1.82, 2.24) is 5.32 Å². The molecule has 0 saturated carbocycles. The van der Waals surface area contributed by atoms with Crippen LogP contribution in [0.1, 0.15) is 17.3 Å². The van der Waals surface area contributed by atoms with Crippen LogP contribution in [0, 0.1) is 0 Å². The summed E-state index contributed by atoms with van der Waals surface area (Å²) in [5.74, 6) is -2.10. The summed E-state index contributed by atoms with van der Waals surface area (Å²) in [5.41, 5.74) is -1.45. The van der Waals surface area contributed by atoms with E-state index in [-0.39, 0.29) is 0 Å². The lowest BCUT2D eigenvalue weighted by Crippen LogP contribution is -2.60. The molecule has 5 nitrogen and oxygen atoms in total. The summed E-state index contributed by atoms with van der Waals surface area (Å²) < 4.78 is 0. The lowest BCUT2D eigenvalue weighted by atomic mass is 10.0. The van der Waals surface area contributed by atoms with Crippen LogP contribution in [-0.4, -0.2) is 29.1 Å². The van der Waals surface area contributed by atoms with Gasteiger partial charge in [-0.2, -0.15) is 0 Å². The predicted molar refractivity (Wildman–Crippen MR) is 54.4 cm³/mol. The SMILES string of the molecule is C[C@@](CO)(NC(=O)c1ccccc1)C(=O)[O-]. The number of aliphatic hydroxyl groups is 1. The highest BCUT2D eigenvalue weighted by Gasteiger charge is 2.27. The predicted octanol–water partition coefficient (Wildman–Crippen LogP) is -1.08. The van der Waals surface area contributed by atoms with E-state index in [2.05, 4.69) is 5.32 Å². The number of rotatable bonds is 4. The van der Waals surface area contributed by atoms with Gasteiger partial charge in [0.2, 0.25) is 0 Å². The first-order valence-electron chi connectivity index (χ1n) is 4.69. The molecule has 1 amide bonds. The molecule has 0 aliphatic rings. The molecule has 0 radical (unpaired) electrons. The highest BCUT2D eigenvalue weighted by molar-refractivity contribution is 5.97. The molecule has 0 bridgehead atoms. The van der Waals surface area contributed by atoms with Crippen molar-refractivity contribution in [2.24, 2.45) is 0 Å². The van der Waals surface area contributed by atoms with E-state index in [1.54, 1.807) is 30.3 Å². The van der Waals surface area contributed by atoms with Crippen LogP contribution < -0.4 is 10.4 Å². The molecule has 2 N–H and O–H groups in total. The summed E-state index contributed by atoms with van der Waals surface area (Å²) in [6, 6.07) is 8.14. The lowest BCUT2D eigenvalue weighted by molar-refractivity contribution is -0.314. The van der Waals surface area contributed by atoms with Crippen LogP contribution >= 0.6 is 0 Å². The number of nitrogens with one attached hydrogen (secondary N) is 1. The number of carboxylic acid groups (broad SMARTS) is 1. The topological polar surface area (TPSA) is 89.5 Å². The first kappa shape index (κ1) is 12.2. The minimum Gasteiger partial charge on any atom is -0.547 e. The zero-order valence-corrected chi connectivity index (χ0v) is 8.77. The van der Waals surface area contributed by atoms with Gasteiger partial charge in [-0.3, -0.25) is 4.79 Å². The minimum atomic E-state index is -1.77. The fourth-order valence-corrected chi connectivity index (χ4v) is 1.07. The van der Waals surface area contributed by atoms with Gasteiger partial charge in [-0.05, 0) is 19.1 Å². The largest absolute Gasteiger partial charge is 0.547 e. The fourth-order valence-electron chi connectivity index (χ4n) is 1.07. The van der Waals surface area contributed by atoms with Gasteiger partial charge in [-0.15, -0.1) is 0 Å². The maximum absolute atomic E-state index is 11.6. The molecule has 0 heterocycles. The lowest BCUT2D eigenvalue weighted by Gasteiger charge is -2.29. The second kappa shape index (κ2) is 4.76. The molecular weight excluding hydrogens is 210 g/mol. The molecule has 0 spiro atoms. The first-order chi connectivity index (χ1) is 7.49. The molecule has 16 heavy (non-hydrogen) atoms. The summed E-state index contributed by atoms with van der Waals surface area (Å²) in [7, 11) is 0. The van der Waals surface area contributed by atoms with Crippen LogP contribution in [0.4, 0.5) is 0 Å². The summed E-state index contributed by atoms with van der Waals surface area (Å²) in [6.45, 7) is 0.455. The molecule has 1 aromatic carbocycles. The van der Waals surface area contributed by atoms with Crippen LogP contribution in [0.2, 0.25) is 0 Å². The maximum Gasteiger partial charge on any atom is 0.252 e. The van der Waals surface area contributed by atoms with Gasteiger partial charge >= 0.3 is 0 Å². The van der Waals surface area contributed by atoms with E-state index in [0.29, 0.717) is 5.56 Å². The number of aliphatic hydroxyl groups excluding tert-OH is 1. The maximum atomic E-state index is 11.6. The summed E-state index contributed by atoms with van der Waals surface area (Å²) in [5, 5.41) is 21.9. The van der Waals surface area contributed by atoms with Crippen molar-refractivity contribution in [3.8, 4) is 0 Å². The van der Waals surface area contributed by atoms with Crippen molar-refractivity contribution in [3.05, 3.63) is 35.9 Å². The fraction of sp³-hybridized carbons (Fsp3) is 0.273. The zero-order chi connectivity index (χ0) is 12.2. The highest BCUT2D eigenvalue weighted by Crippen LogP contribution is 2.05. The van der Waals surface area contributed by atoms with E-state index in [1.807, 2.05) is 0 Å². The number of amides is 1. The van der Waals surface area contributed by atoms with Gasteiger partial charge in [0.1, 0.15) is 0 Å². The number of benzene rings is 1. The first-order valence-corrected chi connectivity index (χ1v) is 4.69. The van der Waals surface area contributed by atoms with Gasteiger partial charge in [0.15, 0.2) is 0 Å². The van der Waals surface area contributed by atoms with Crippen molar-refractivity contribution in [3.63, 3.8) is 0 Å². The molecule has 0 saturated heterocycles. The number of carbonyl (C=O) groups is 2. The van der Waals surface area contributed by atoms with E-state index in [1.165, 1.54) is 6.92 Å². The number of hydrogen-bond acceptors (Lipinski definition) is 4. The van der Waals surface area contributed by atoms with E-state index in [9.17, 15) is 14.7 Å². The quantitative estimate of drug-likeness (QED) is 0.678. The minimum absolute atomic E-state index is 0.323. The Hall–Kier alpha value is -1.88. The van der Waals surface area contributed by atoms with Gasteiger partial charge in [-0.25, -0.2) is 0 Å². The summed E-state index contributed by atoms with van der Waals surface area (Å²) in [6.07, 6.45) is 0. The second-order valence-electron chi connectivity index (χ2n) is 3.60. The molecular formula is C11H12NO4-. The molecule has 5 heteroatoms. The Balaban J connectivity index is 2.82. The smallest absolute Gasteiger partial charge is 0.252 e. The number of hydrogen-bond donors (Lipinski definition) is 2. The Labute approximate surface area is 92.7 Å². The molecule has 1 rings (SSSR count). The van der Waals surface area contributed by atoms with E-state index >= 15 is 0 Å². The summed E-state index contributed by atoms with van der Waals surface area (Å²) in [4.78, 5) is 22.3. The monoisotopic (exact) mass is 222 g/mol. The third-order valence-electron chi connectivity index (χ3n) is 2.19. The van der Waals surface area contributed by atoms with Crippen molar-refractivity contribution in [2.75, 3.05) is 6.61 Å². The van der Waals surface area contributed by atoms with Gasteiger partial charge in [0.05, 0.1) is 18.1 Å². The molecule has 0 aromatic heterocycles. The third kappa shape index (κ3) is 2.58. The average Bonchev–Trinajstić information content (AvgIpc) is 2.29. The number of carboxylic acids is 1. The second-order valence-corrected chi connectivity index (χ2v) is 3.60. The molecule has 1 aromatic rings. The van der Waals surface area contributed by atoms with Crippen molar-refractivity contribution >= 4 is 11.9 Å².